The van der Waals surface area contributed by atoms with E-state index in [0.29, 0.717) is 5.69 Å². The average Bonchev–Trinajstić information content (AvgIpc) is 2.73. The SMILES string of the molecule is CCC(CC)Nc1cc2nc(C)sc2cc1[N+](=O)[O-]. The second-order valence-corrected chi connectivity index (χ2v) is 5.72. The third-order valence-corrected chi connectivity index (χ3v) is 4.09. The van der Waals surface area contributed by atoms with E-state index >= 15 is 0 Å². The highest BCUT2D eigenvalue weighted by atomic mass is 32.1. The molecule has 0 atom stereocenters. The third kappa shape index (κ3) is 2.84. The second-order valence-electron chi connectivity index (χ2n) is 4.48. The number of nitro groups is 1. The van der Waals surface area contributed by atoms with Gasteiger partial charge in [0.2, 0.25) is 0 Å². The number of aromatic nitrogens is 1. The molecule has 0 aliphatic carbocycles. The number of aryl methyl sites for hydroxylation is 1. The van der Waals surface area contributed by atoms with E-state index in [0.717, 1.165) is 28.1 Å². The van der Waals surface area contributed by atoms with Crippen LogP contribution in [0.3, 0.4) is 0 Å². The number of fused-ring (bicyclic) bond motifs is 1. The monoisotopic (exact) mass is 279 g/mol. The van der Waals surface area contributed by atoms with Crippen LogP contribution in [-0.2, 0) is 0 Å². The molecule has 0 radical (unpaired) electrons. The van der Waals surface area contributed by atoms with Crippen LogP contribution in [0.15, 0.2) is 12.1 Å². The normalized spacial score (nSPS) is 11.2. The minimum absolute atomic E-state index is 0.128. The molecule has 2 aromatic rings. The summed E-state index contributed by atoms with van der Waals surface area (Å²) >= 11 is 1.48. The fourth-order valence-corrected chi connectivity index (χ4v) is 2.90. The number of nitrogens with one attached hydrogen (secondary N) is 1. The van der Waals surface area contributed by atoms with Crippen molar-refractivity contribution in [2.75, 3.05) is 5.32 Å². The maximum Gasteiger partial charge on any atom is 0.293 e. The first kappa shape index (κ1) is 13.7. The van der Waals surface area contributed by atoms with Crippen LogP contribution in [0.25, 0.3) is 10.2 Å². The van der Waals surface area contributed by atoms with Gasteiger partial charge in [-0.3, -0.25) is 10.1 Å². The molecule has 102 valence electrons. The summed E-state index contributed by atoms with van der Waals surface area (Å²) in [6.45, 7) is 6.04. The first-order chi connectivity index (χ1) is 9.05. The summed E-state index contributed by atoms with van der Waals surface area (Å²) < 4.78 is 0.860. The number of nitrogens with zero attached hydrogens (tertiary/aromatic N) is 2. The zero-order chi connectivity index (χ0) is 14.0. The lowest BCUT2D eigenvalue weighted by Crippen LogP contribution is -2.17. The van der Waals surface area contributed by atoms with Crippen molar-refractivity contribution in [2.45, 2.75) is 39.7 Å². The van der Waals surface area contributed by atoms with Crippen LogP contribution >= 0.6 is 11.3 Å². The Morgan fingerprint density at radius 3 is 2.68 bits per heavy atom. The van der Waals surface area contributed by atoms with Crippen molar-refractivity contribution in [1.82, 2.24) is 4.98 Å². The van der Waals surface area contributed by atoms with Crippen molar-refractivity contribution in [3.8, 4) is 0 Å². The molecule has 1 N–H and O–H groups in total. The van der Waals surface area contributed by atoms with Crippen molar-refractivity contribution in [3.05, 3.63) is 27.3 Å². The molecular formula is C13H17N3O2S. The first-order valence-corrected chi connectivity index (χ1v) is 7.18. The molecule has 0 fully saturated rings. The number of thiazole rings is 1. The van der Waals surface area contributed by atoms with E-state index in [-0.39, 0.29) is 16.7 Å². The molecule has 0 aliphatic heterocycles. The Hall–Kier alpha value is -1.69. The van der Waals surface area contributed by atoms with Crippen LogP contribution in [-0.4, -0.2) is 15.9 Å². The molecule has 0 bridgehead atoms. The number of hydrogen-bond acceptors (Lipinski definition) is 5. The Morgan fingerprint density at radius 1 is 1.42 bits per heavy atom. The maximum atomic E-state index is 11.2. The minimum Gasteiger partial charge on any atom is -0.377 e. The highest BCUT2D eigenvalue weighted by Crippen LogP contribution is 2.33. The zero-order valence-corrected chi connectivity index (χ0v) is 12.1. The van der Waals surface area contributed by atoms with Gasteiger partial charge in [0, 0.05) is 12.1 Å². The molecule has 1 heterocycles. The molecular weight excluding hydrogens is 262 g/mol. The summed E-state index contributed by atoms with van der Waals surface area (Å²) in [5.74, 6) is 0. The van der Waals surface area contributed by atoms with Crippen molar-refractivity contribution in [3.63, 3.8) is 0 Å². The molecule has 2 rings (SSSR count). The lowest BCUT2D eigenvalue weighted by atomic mass is 10.1. The van der Waals surface area contributed by atoms with Crippen LogP contribution < -0.4 is 5.32 Å². The molecule has 0 amide bonds. The summed E-state index contributed by atoms with van der Waals surface area (Å²) in [5, 5.41) is 15.4. The van der Waals surface area contributed by atoms with Gasteiger partial charge in [0.25, 0.3) is 5.69 Å². The van der Waals surface area contributed by atoms with Crippen LogP contribution in [0.1, 0.15) is 31.7 Å². The van der Waals surface area contributed by atoms with E-state index in [1.165, 1.54) is 11.3 Å². The summed E-state index contributed by atoms with van der Waals surface area (Å²) in [6.07, 6.45) is 1.86. The molecule has 0 aliphatic rings. The molecule has 0 unspecified atom stereocenters. The first-order valence-electron chi connectivity index (χ1n) is 6.37. The summed E-state index contributed by atoms with van der Waals surface area (Å²) in [4.78, 5) is 15.2. The molecule has 5 nitrogen and oxygen atoms in total. The number of nitro benzene ring substituents is 1. The van der Waals surface area contributed by atoms with Gasteiger partial charge < -0.3 is 5.32 Å². The van der Waals surface area contributed by atoms with E-state index in [2.05, 4.69) is 24.1 Å². The number of hydrogen-bond donors (Lipinski definition) is 1. The summed E-state index contributed by atoms with van der Waals surface area (Å²) in [7, 11) is 0. The lowest BCUT2D eigenvalue weighted by molar-refractivity contribution is -0.383. The molecule has 6 heteroatoms. The fraction of sp³-hybridized carbons (Fsp3) is 0.462. The van der Waals surface area contributed by atoms with Gasteiger partial charge in [-0.1, -0.05) is 13.8 Å². The molecule has 0 saturated heterocycles. The Morgan fingerprint density at radius 2 is 2.11 bits per heavy atom. The predicted molar refractivity (Wildman–Crippen MR) is 79.0 cm³/mol. The van der Waals surface area contributed by atoms with Gasteiger partial charge in [-0.15, -0.1) is 11.3 Å². The zero-order valence-electron chi connectivity index (χ0n) is 11.3. The van der Waals surface area contributed by atoms with E-state index in [1.54, 1.807) is 12.1 Å². The number of rotatable bonds is 5. The molecule has 19 heavy (non-hydrogen) atoms. The van der Waals surface area contributed by atoms with E-state index in [1.807, 2.05) is 6.92 Å². The van der Waals surface area contributed by atoms with Crippen LogP contribution in [0.4, 0.5) is 11.4 Å². The van der Waals surface area contributed by atoms with Gasteiger partial charge in [-0.25, -0.2) is 4.98 Å². The summed E-state index contributed by atoms with van der Waals surface area (Å²) in [6, 6.07) is 3.65. The Balaban J connectivity index is 2.49. The van der Waals surface area contributed by atoms with Crippen molar-refractivity contribution < 1.29 is 4.92 Å². The highest BCUT2D eigenvalue weighted by molar-refractivity contribution is 7.18. The largest absolute Gasteiger partial charge is 0.377 e. The lowest BCUT2D eigenvalue weighted by Gasteiger charge is -2.16. The highest BCUT2D eigenvalue weighted by Gasteiger charge is 2.18. The van der Waals surface area contributed by atoms with Gasteiger partial charge >= 0.3 is 0 Å². The topological polar surface area (TPSA) is 68.1 Å². The Labute approximate surface area is 115 Å². The van der Waals surface area contributed by atoms with Crippen molar-refractivity contribution in [1.29, 1.82) is 0 Å². The third-order valence-electron chi connectivity index (χ3n) is 3.15. The van der Waals surface area contributed by atoms with Gasteiger partial charge in [-0.05, 0) is 25.8 Å². The standard InChI is InChI=1S/C13H17N3O2S/c1-4-9(5-2)15-10-6-11-13(19-8(3)14-11)7-12(10)16(17)18/h6-7,9,15H,4-5H2,1-3H3. The Bertz CT molecular complexity index is 605. The van der Waals surface area contributed by atoms with Gasteiger partial charge in [-0.2, -0.15) is 0 Å². The van der Waals surface area contributed by atoms with Crippen LogP contribution in [0, 0.1) is 17.0 Å². The smallest absolute Gasteiger partial charge is 0.293 e. The molecule has 0 saturated carbocycles. The maximum absolute atomic E-state index is 11.2. The quantitative estimate of drug-likeness (QED) is 0.660. The van der Waals surface area contributed by atoms with Crippen molar-refractivity contribution in [2.24, 2.45) is 0 Å². The molecule has 1 aromatic heterocycles. The second kappa shape index (κ2) is 5.52. The predicted octanol–water partition coefficient (Wildman–Crippen LogP) is 4.11. The molecule has 1 aromatic carbocycles. The van der Waals surface area contributed by atoms with Crippen LogP contribution in [0.2, 0.25) is 0 Å². The Kier molecular flexibility index (Phi) is 3.99. The fourth-order valence-electron chi connectivity index (χ4n) is 2.06. The van der Waals surface area contributed by atoms with Gasteiger partial charge in [0.15, 0.2) is 0 Å². The van der Waals surface area contributed by atoms with Gasteiger partial charge in [0.05, 0.1) is 20.1 Å². The number of anilines is 1. The van der Waals surface area contributed by atoms with E-state index in [4.69, 9.17) is 0 Å². The van der Waals surface area contributed by atoms with E-state index in [9.17, 15) is 10.1 Å². The average molecular weight is 279 g/mol. The molecule has 0 spiro atoms. The van der Waals surface area contributed by atoms with Crippen molar-refractivity contribution >= 4 is 32.9 Å². The van der Waals surface area contributed by atoms with Gasteiger partial charge in [0.1, 0.15) is 5.69 Å². The van der Waals surface area contributed by atoms with Crippen LogP contribution in [0.5, 0.6) is 0 Å². The van der Waals surface area contributed by atoms with E-state index < -0.39 is 0 Å². The summed E-state index contributed by atoms with van der Waals surface area (Å²) in [5.41, 5.74) is 1.51. The minimum atomic E-state index is -0.334. The number of benzene rings is 1.